The van der Waals surface area contributed by atoms with Gasteiger partial charge in [0.1, 0.15) is 6.04 Å². The summed E-state index contributed by atoms with van der Waals surface area (Å²) in [5.41, 5.74) is 0.729. The first-order valence-corrected chi connectivity index (χ1v) is 6.79. The van der Waals surface area contributed by atoms with Gasteiger partial charge in [0.05, 0.1) is 6.10 Å². The van der Waals surface area contributed by atoms with Crippen molar-refractivity contribution < 1.29 is 14.6 Å². The fraction of sp³-hybridized carbons (Fsp3) is 0.643. The molecule has 1 rings (SSSR count). The number of nitrogens with zero attached hydrogens (tertiary/aromatic N) is 2. The summed E-state index contributed by atoms with van der Waals surface area (Å²) in [5, 5.41) is 12.1. The molecule has 112 valence electrons. The monoisotopic (exact) mass is 281 g/mol. The van der Waals surface area contributed by atoms with Crippen LogP contribution in [0.25, 0.3) is 0 Å². The lowest BCUT2D eigenvalue weighted by molar-refractivity contribution is -0.138. The Morgan fingerprint density at radius 2 is 2.00 bits per heavy atom. The van der Waals surface area contributed by atoms with E-state index in [-0.39, 0.29) is 18.0 Å². The Balaban J connectivity index is 2.89. The number of carbonyl (C=O) groups is 1. The van der Waals surface area contributed by atoms with E-state index in [1.807, 2.05) is 34.6 Å². The number of hydrogen-bond acceptors (Lipinski definition) is 5. The van der Waals surface area contributed by atoms with Gasteiger partial charge in [0, 0.05) is 11.8 Å². The zero-order valence-corrected chi connectivity index (χ0v) is 12.7. The normalized spacial score (nSPS) is 12.6. The van der Waals surface area contributed by atoms with Gasteiger partial charge in [-0.25, -0.2) is 9.78 Å². The van der Waals surface area contributed by atoms with Crippen molar-refractivity contribution in [1.82, 2.24) is 9.97 Å². The Hall–Kier alpha value is -1.85. The average Bonchev–Trinajstić information content (AvgIpc) is 2.25. The minimum atomic E-state index is -0.907. The van der Waals surface area contributed by atoms with E-state index in [1.54, 1.807) is 6.07 Å². The van der Waals surface area contributed by atoms with E-state index >= 15 is 0 Å². The molecule has 1 atom stereocenters. The van der Waals surface area contributed by atoms with Crippen LogP contribution in [-0.4, -0.2) is 33.2 Å². The first-order valence-electron chi connectivity index (χ1n) is 6.79. The fourth-order valence-corrected chi connectivity index (χ4v) is 1.75. The number of aliphatic carboxylic acids is 1. The van der Waals surface area contributed by atoms with Gasteiger partial charge in [-0.05, 0) is 33.1 Å². The molecule has 1 heterocycles. The predicted octanol–water partition coefficient (Wildman–Crippen LogP) is 2.48. The Morgan fingerprint density at radius 1 is 1.35 bits per heavy atom. The summed E-state index contributed by atoms with van der Waals surface area (Å²) in [6.45, 7) is 9.58. The second-order valence-electron chi connectivity index (χ2n) is 5.50. The molecule has 1 aromatic heterocycles. The number of aryl methyl sites for hydroxylation is 1. The molecule has 0 spiro atoms. The Labute approximate surface area is 119 Å². The van der Waals surface area contributed by atoms with E-state index in [4.69, 9.17) is 4.74 Å². The highest BCUT2D eigenvalue weighted by atomic mass is 16.5. The van der Waals surface area contributed by atoms with Gasteiger partial charge in [-0.15, -0.1) is 0 Å². The SMILES string of the molecule is Cc1cc(OC(C)C)nc(NC(CC(C)C)C(=O)O)n1. The van der Waals surface area contributed by atoms with Gasteiger partial charge < -0.3 is 15.2 Å². The van der Waals surface area contributed by atoms with E-state index in [9.17, 15) is 9.90 Å². The molecule has 2 N–H and O–H groups in total. The number of anilines is 1. The molecule has 0 fully saturated rings. The smallest absolute Gasteiger partial charge is 0.326 e. The zero-order valence-electron chi connectivity index (χ0n) is 12.7. The summed E-state index contributed by atoms with van der Waals surface area (Å²) in [6, 6.07) is 1.02. The summed E-state index contributed by atoms with van der Waals surface area (Å²) in [7, 11) is 0. The second kappa shape index (κ2) is 7.07. The molecular formula is C14H23N3O3. The van der Waals surface area contributed by atoms with Crippen LogP contribution in [-0.2, 0) is 4.79 Å². The van der Waals surface area contributed by atoms with Gasteiger partial charge >= 0.3 is 5.97 Å². The van der Waals surface area contributed by atoms with Crippen LogP contribution in [0.4, 0.5) is 5.95 Å². The molecule has 6 heteroatoms. The number of aromatic nitrogens is 2. The van der Waals surface area contributed by atoms with Crippen LogP contribution in [0, 0.1) is 12.8 Å². The van der Waals surface area contributed by atoms with E-state index in [0.29, 0.717) is 12.3 Å². The molecule has 0 saturated carbocycles. The van der Waals surface area contributed by atoms with Gasteiger partial charge in [0.25, 0.3) is 0 Å². The number of nitrogens with one attached hydrogen (secondary N) is 1. The highest BCUT2D eigenvalue weighted by Crippen LogP contribution is 2.16. The van der Waals surface area contributed by atoms with Crippen LogP contribution >= 0.6 is 0 Å². The van der Waals surface area contributed by atoms with E-state index in [2.05, 4.69) is 15.3 Å². The lowest BCUT2D eigenvalue weighted by Gasteiger charge is -2.17. The molecule has 0 saturated heterocycles. The van der Waals surface area contributed by atoms with Gasteiger partial charge in [0.15, 0.2) is 0 Å². The van der Waals surface area contributed by atoms with Crippen LogP contribution in [0.3, 0.4) is 0 Å². The Kier molecular flexibility index (Phi) is 5.73. The first kappa shape index (κ1) is 16.2. The average molecular weight is 281 g/mol. The Morgan fingerprint density at radius 3 is 2.50 bits per heavy atom. The molecule has 1 unspecified atom stereocenters. The number of carboxylic acids is 1. The van der Waals surface area contributed by atoms with Crippen molar-refractivity contribution in [3.8, 4) is 5.88 Å². The van der Waals surface area contributed by atoms with Crippen molar-refractivity contribution in [1.29, 1.82) is 0 Å². The quantitative estimate of drug-likeness (QED) is 0.798. The second-order valence-corrected chi connectivity index (χ2v) is 5.50. The van der Waals surface area contributed by atoms with Crippen LogP contribution in [0.15, 0.2) is 6.07 Å². The number of ether oxygens (including phenoxy) is 1. The fourth-order valence-electron chi connectivity index (χ4n) is 1.75. The minimum absolute atomic E-state index is 0.00286. The highest BCUT2D eigenvalue weighted by Gasteiger charge is 2.20. The third-order valence-corrected chi connectivity index (χ3v) is 2.50. The third-order valence-electron chi connectivity index (χ3n) is 2.50. The van der Waals surface area contributed by atoms with Crippen molar-refractivity contribution in [2.75, 3.05) is 5.32 Å². The number of carboxylic acid groups (broad SMARTS) is 1. The first-order chi connectivity index (χ1) is 9.27. The summed E-state index contributed by atoms with van der Waals surface area (Å²) in [6.07, 6.45) is 0.510. The summed E-state index contributed by atoms with van der Waals surface area (Å²) >= 11 is 0. The lowest BCUT2D eigenvalue weighted by atomic mass is 10.0. The lowest BCUT2D eigenvalue weighted by Crippen LogP contribution is -2.31. The van der Waals surface area contributed by atoms with Crippen molar-refractivity contribution >= 4 is 11.9 Å². The van der Waals surface area contributed by atoms with Crippen LogP contribution in [0.5, 0.6) is 5.88 Å². The predicted molar refractivity (Wildman–Crippen MR) is 77.0 cm³/mol. The Bertz CT molecular complexity index is 461. The zero-order chi connectivity index (χ0) is 15.3. The molecule has 0 radical (unpaired) electrons. The highest BCUT2D eigenvalue weighted by molar-refractivity contribution is 5.76. The van der Waals surface area contributed by atoms with Crippen molar-refractivity contribution in [2.24, 2.45) is 5.92 Å². The van der Waals surface area contributed by atoms with Crippen LogP contribution < -0.4 is 10.1 Å². The molecule has 6 nitrogen and oxygen atoms in total. The van der Waals surface area contributed by atoms with Gasteiger partial charge in [-0.3, -0.25) is 0 Å². The summed E-state index contributed by atoms with van der Waals surface area (Å²) in [5.74, 6) is 0.0901. The molecule has 0 aromatic carbocycles. The topological polar surface area (TPSA) is 84.3 Å². The molecule has 20 heavy (non-hydrogen) atoms. The van der Waals surface area contributed by atoms with E-state index in [0.717, 1.165) is 5.69 Å². The summed E-state index contributed by atoms with van der Waals surface area (Å²) < 4.78 is 5.52. The van der Waals surface area contributed by atoms with Crippen LogP contribution in [0.2, 0.25) is 0 Å². The maximum atomic E-state index is 11.2. The minimum Gasteiger partial charge on any atom is -0.480 e. The van der Waals surface area contributed by atoms with Gasteiger partial charge in [-0.1, -0.05) is 13.8 Å². The molecule has 0 aliphatic rings. The molecule has 0 aliphatic heterocycles. The molecule has 0 bridgehead atoms. The largest absolute Gasteiger partial charge is 0.480 e. The van der Waals surface area contributed by atoms with Crippen molar-refractivity contribution in [3.63, 3.8) is 0 Å². The third kappa shape index (κ3) is 5.42. The van der Waals surface area contributed by atoms with Crippen molar-refractivity contribution in [2.45, 2.75) is 53.2 Å². The van der Waals surface area contributed by atoms with Gasteiger partial charge in [-0.2, -0.15) is 4.98 Å². The van der Waals surface area contributed by atoms with E-state index in [1.165, 1.54) is 0 Å². The maximum absolute atomic E-state index is 11.2. The summed E-state index contributed by atoms with van der Waals surface area (Å²) in [4.78, 5) is 19.6. The number of hydrogen-bond donors (Lipinski definition) is 2. The molecule has 0 aliphatic carbocycles. The standard InChI is InChI=1S/C14H23N3O3/c1-8(2)6-11(13(18)19)16-14-15-10(5)7-12(17-14)20-9(3)4/h7-9,11H,6H2,1-5H3,(H,18,19)(H,15,16,17). The molecular weight excluding hydrogens is 258 g/mol. The van der Waals surface area contributed by atoms with Gasteiger partial charge in [0.2, 0.25) is 11.8 Å². The van der Waals surface area contributed by atoms with Crippen molar-refractivity contribution in [3.05, 3.63) is 11.8 Å². The maximum Gasteiger partial charge on any atom is 0.326 e. The number of rotatable bonds is 7. The molecule has 0 amide bonds. The van der Waals surface area contributed by atoms with Crippen LogP contribution in [0.1, 0.15) is 39.8 Å². The van der Waals surface area contributed by atoms with E-state index < -0.39 is 12.0 Å². The molecule has 1 aromatic rings.